The van der Waals surface area contributed by atoms with E-state index in [-0.39, 0.29) is 12.3 Å². The molecule has 0 aliphatic rings. The molecule has 18 heavy (non-hydrogen) atoms. The van der Waals surface area contributed by atoms with Gasteiger partial charge < -0.3 is 10.7 Å². The van der Waals surface area contributed by atoms with Crippen LogP contribution in [0.25, 0.3) is 10.9 Å². The van der Waals surface area contributed by atoms with Crippen molar-refractivity contribution in [1.29, 1.82) is 0 Å². The second-order valence-corrected chi connectivity index (χ2v) is 4.15. The Morgan fingerprint density at radius 3 is 2.78 bits per heavy atom. The summed E-state index contributed by atoms with van der Waals surface area (Å²) in [6.45, 7) is 0. The molecule has 2 rings (SSSR count). The van der Waals surface area contributed by atoms with E-state index in [0.717, 1.165) is 21.4 Å². The van der Waals surface area contributed by atoms with Gasteiger partial charge in [-0.15, -0.1) is 0 Å². The minimum absolute atomic E-state index is 0.265. The van der Waals surface area contributed by atoms with Crippen molar-refractivity contribution in [2.75, 3.05) is 7.05 Å². The number of nitrogens with two attached hydrogens (primary N) is 1. The first-order chi connectivity index (χ1) is 8.59. The van der Waals surface area contributed by atoms with Gasteiger partial charge in [0.25, 0.3) is 0 Å². The average Bonchev–Trinajstić information content (AvgIpc) is 2.78. The summed E-state index contributed by atoms with van der Waals surface area (Å²) in [6.07, 6.45) is 2.74. The molecule has 0 bridgehead atoms. The molecule has 1 aromatic heterocycles. The van der Waals surface area contributed by atoms with Crippen LogP contribution < -0.4 is 5.73 Å². The molecule has 3 amide bonds. The van der Waals surface area contributed by atoms with Crippen molar-refractivity contribution in [3.63, 3.8) is 0 Å². The number of nitrogens with one attached hydrogen (secondary N) is 1. The maximum Gasteiger partial charge on any atom is 0.321 e. The van der Waals surface area contributed by atoms with Crippen LogP contribution in [0.5, 0.6) is 0 Å². The number of amides is 3. The van der Waals surface area contributed by atoms with Crippen molar-refractivity contribution in [2.24, 2.45) is 5.73 Å². The number of aromatic nitrogens is 1. The molecule has 5 heteroatoms. The monoisotopic (exact) mass is 245 g/mol. The molecule has 5 nitrogen and oxygen atoms in total. The number of rotatable bonds is 3. The van der Waals surface area contributed by atoms with E-state index in [9.17, 15) is 9.59 Å². The SMILES string of the molecule is CN(C(N)=O)C(=O)CCc1c[nH]c2ccccc12. The smallest absolute Gasteiger partial charge is 0.321 e. The number of aryl methyl sites for hydroxylation is 1. The van der Waals surface area contributed by atoms with E-state index in [1.165, 1.54) is 7.05 Å². The van der Waals surface area contributed by atoms with Crippen molar-refractivity contribution in [1.82, 2.24) is 9.88 Å². The van der Waals surface area contributed by atoms with Crippen molar-refractivity contribution in [2.45, 2.75) is 12.8 Å². The van der Waals surface area contributed by atoms with Crippen LogP contribution in [0.3, 0.4) is 0 Å². The van der Waals surface area contributed by atoms with E-state index < -0.39 is 6.03 Å². The van der Waals surface area contributed by atoms with E-state index in [0.29, 0.717) is 6.42 Å². The highest BCUT2D eigenvalue weighted by molar-refractivity contribution is 5.93. The number of carbonyl (C=O) groups excluding carboxylic acids is 2. The van der Waals surface area contributed by atoms with Crippen LogP contribution in [0, 0.1) is 0 Å². The predicted octanol–water partition coefficient (Wildman–Crippen LogP) is 1.64. The molecular weight excluding hydrogens is 230 g/mol. The van der Waals surface area contributed by atoms with E-state index in [1.54, 1.807) is 0 Å². The highest BCUT2D eigenvalue weighted by atomic mass is 16.2. The van der Waals surface area contributed by atoms with Crippen LogP contribution >= 0.6 is 0 Å². The molecular formula is C13H15N3O2. The summed E-state index contributed by atoms with van der Waals surface area (Å²) in [4.78, 5) is 26.6. The third-order valence-corrected chi connectivity index (χ3v) is 2.99. The van der Waals surface area contributed by atoms with Crippen LogP contribution in [-0.4, -0.2) is 28.9 Å². The fraction of sp³-hybridized carbons (Fsp3) is 0.231. The fourth-order valence-corrected chi connectivity index (χ4v) is 1.87. The second-order valence-electron chi connectivity index (χ2n) is 4.15. The summed E-state index contributed by atoms with van der Waals surface area (Å²) in [5.41, 5.74) is 7.15. The lowest BCUT2D eigenvalue weighted by molar-refractivity contribution is -0.127. The number of carbonyl (C=O) groups is 2. The van der Waals surface area contributed by atoms with Gasteiger partial charge in [-0.25, -0.2) is 4.79 Å². The lowest BCUT2D eigenvalue weighted by Crippen LogP contribution is -2.37. The summed E-state index contributed by atoms with van der Waals surface area (Å²) in [6, 6.07) is 7.17. The molecule has 0 saturated carbocycles. The van der Waals surface area contributed by atoms with Gasteiger partial charge in [-0.2, -0.15) is 0 Å². The number of para-hydroxylation sites is 1. The Labute approximate surface area is 105 Å². The summed E-state index contributed by atoms with van der Waals surface area (Å²) in [5, 5.41) is 1.10. The van der Waals surface area contributed by atoms with Gasteiger partial charge in [-0.3, -0.25) is 9.69 Å². The number of nitrogens with zero attached hydrogens (tertiary/aromatic N) is 1. The van der Waals surface area contributed by atoms with Crippen molar-refractivity contribution in [3.05, 3.63) is 36.0 Å². The summed E-state index contributed by atoms with van der Waals surface area (Å²) in [7, 11) is 1.39. The quantitative estimate of drug-likeness (QED) is 0.862. The van der Waals surface area contributed by atoms with Gasteiger partial charge >= 0.3 is 6.03 Å². The lowest BCUT2D eigenvalue weighted by atomic mass is 10.1. The maximum atomic E-state index is 11.6. The molecule has 0 fully saturated rings. The Balaban J connectivity index is 2.07. The van der Waals surface area contributed by atoms with Crippen molar-refractivity contribution < 1.29 is 9.59 Å². The first-order valence-corrected chi connectivity index (χ1v) is 5.70. The average molecular weight is 245 g/mol. The molecule has 0 saturated heterocycles. The minimum Gasteiger partial charge on any atom is -0.361 e. The van der Waals surface area contributed by atoms with E-state index in [1.807, 2.05) is 30.5 Å². The molecule has 1 aromatic carbocycles. The third kappa shape index (κ3) is 2.34. The number of hydrogen-bond acceptors (Lipinski definition) is 2. The number of fused-ring (bicyclic) bond motifs is 1. The number of aromatic amines is 1. The number of primary amides is 1. The van der Waals surface area contributed by atoms with Crippen molar-refractivity contribution in [3.8, 4) is 0 Å². The number of hydrogen-bond donors (Lipinski definition) is 2. The first kappa shape index (κ1) is 12.2. The van der Waals surface area contributed by atoms with Crippen LogP contribution in [0.1, 0.15) is 12.0 Å². The molecule has 0 atom stereocenters. The van der Waals surface area contributed by atoms with Gasteiger partial charge in [0.05, 0.1) is 0 Å². The van der Waals surface area contributed by atoms with Crippen LogP contribution in [0.15, 0.2) is 30.5 Å². The Bertz CT molecular complexity index is 589. The zero-order valence-corrected chi connectivity index (χ0v) is 10.1. The number of urea groups is 1. The lowest BCUT2D eigenvalue weighted by Gasteiger charge is -2.11. The van der Waals surface area contributed by atoms with Gasteiger partial charge in [0.1, 0.15) is 0 Å². The molecule has 3 N–H and O–H groups in total. The largest absolute Gasteiger partial charge is 0.361 e. The van der Waals surface area contributed by atoms with Gasteiger partial charge in [-0.05, 0) is 18.1 Å². The number of H-pyrrole nitrogens is 1. The Morgan fingerprint density at radius 2 is 2.06 bits per heavy atom. The van der Waals surface area contributed by atoms with E-state index in [4.69, 9.17) is 5.73 Å². The van der Waals surface area contributed by atoms with Gasteiger partial charge in [0.2, 0.25) is 5.91 Å². The van der Waals surface area contributed by atoms with Crippen LogP contribution in [-0.2, 0) is 11.2 Å². The molecule has 0 aliphatic carbocycles. The zero-order valence-electron chi connectivity index (χ0n) is 10.1. The van der Waals surface area contributed by atoms with Gasteiger partial charge in [0, 0.05) is 30.6 Å². The Kier molecular flexibility index (Phi) is 3.32. The second kappa shape index (κ2) is 4.91. The molecule has 1 heterocycles. The summed E-state index contributed by atoms with van der Waals surface area (Å²) < 4.78 is 0. The highest BCUT2D eigenvalue weighted by Crippen LogP contribution is 2.19. The van der Waals surface area contributed by atoms with Crippen LogP contribution in [0.2, 0.25) is 0 Å². The van der Waals surface area contributed by atoms with Gasteiger partial charge in [-0.1, -0.05) is 18.2 Å². The molecule has 94 valence electrons. The van der Waals surface area contributed by atoms with Gasteiger partial charge in [0.15, 0.2) is 0 Å². The van der Waals surface area contributed by atoms with Crippen molar-refractivity contribution >= 4 is 22.8 Å². The predicted molar refractivity (Wildman–Crippen MR) is 69.0 cm³/mol. The fourth-order valence-electron chi connectivity index (χ4n) is 1.87. The number of imide groups is 1. The molecule has 0 aliphatic heterocycles. The van der Waals surface area contributed by atoms with E-state index in [2.05, 4.69) is 4.98 Å². The minimum atomic E-state index is -0.723. The Morgan fingerprint density at radius 1 is 1.33 bits per heavy atom. The molecule has 0 unspecified atom stereocenters. The topological polar surface area (TPSA) is 79.2 Å². The normalized spacial score (nSPS) is 10.5. The first-order valence-electron chi connectivity index (χ1n) is 5.70. The highest BCUT2D eigenvalue weighted by Gasteiger charge is 2.14. The molecule has 2 aromatic rings. The third-order valence-electron chi connectivity index (χ3n) is 2.99. The zero-order chi connectivity index (χ0) is 13.1. The van der Waals surface area contributed by atoms with Crippen LogP contribution in [0.4, 0.5) is 4.79 Å². The summed E-state index contributed by atoms with van der Waals surface area (Å²) in [5.74, 6) is -0.271. The maximum absolute atomic E-state index is 11.6. The standard InChI is InChI=1S/C13H15N3O2/c1-16(13(14)18)12(17)7-6-9-8-15-11-5-3-2-4-10(9)11/h2-5,8,15H,6-7H2,1H3,(H2,14,18). The summed E-state index contributed by atoms with van der Waals surface area (Å²) >= 11 is 0. The Hall–Kier alpha value is -2.30. The molecule has 0 spiro atoms. The molecule has 0 radical (unpaired) electrons. The number of benzene rings is 1. The van der Waals surface area contributed by atoms with E-state index >= 15 is 0 Å².